The lowest BCUT2D eigenvalue weighted by atomic mass is 10.2. The molecule has 0 fully saturated rings. The first-order valence-corrected chi connectivity index (χ1v) is 8.49. The van der Waals surface area contributed by atoms with E-state index in [0.717, 1.165) is 16.8 Å². The number of nitrogens with two attached hydrogens (primary N) is 1. The lowest BCUT2D eigenvalue weighted by Gasteiger charge is -2.14. The van der Waals surface area contributed by atoms with Gasteiger partial charge in [0.25, 0.3) is 17.2 Å². The predicted octanol–water partition coefficient (Wildman–Crippen LogP) is 0.472. The Morgan fingerprint density at radius 3 is 2.52 bits per heavy atom. The van der Waals surface area contributed by atoms with E-state index in [1.54, 1.807) is 6.92 Å². The van der Waals surface area contributed by atoms with Gasteiger partial charge < -0.3 is 24.9 Å². The maximum atomic E-state index is 12.2. The van der Waals surface area contributed by atoms with Crippen LogP contribution in [0, 0.1) is 10.1 Å². The van der Waals surface area contributed by atoms with Crippen LogP contribution in [0.3, 0.4) is 0 Å². The zero-order chi connectivity index (χ0) is 21.6. The van der Waals surface area contributed by atoms with Crippen LogP contribution in [-0.2, 0) is 11.3 Å². The van der Waals surface area contributed by atoms with Crippen LogP contribution in [-0.4, -0.2) is 45.8 Å². The van der Waals surface area contributed by atoms with Crippen LogP contribution in [0.1, 0.15) is 27.6 Å². The standard InChI is InChI=1S/C18H19N3O8/c1-2-28-18(25)11-3-5-14(6-4-11)29-10-13(22)9-20-8-12(21(26)27)7-15(16(19)23)17(20)24/h3-8,13,22H,2,9-10H2,1H3,(H2,19,23). The number of nitrogens with zero attached hydrogens (tertiary/aromatic N) is 2. The number of pyridine rings is 1. The molecule has 3 N–H and O–H groups in total. The molecule has 1 unspecified atom stereocenters. The summed E-state index contributed by atoms with van der Waals surface area (Å²) in [6.07, 6.45) is -0.313. The summed E-state index contributed by atoms with van der Waals surface area (Å²) in [4.78, 5) is 45.3. The molecule has 1 amide bonds. The monoisotopic (exact) mass is 405 g/mol. The molecule has 1 aromatic heterocycles. The summed E-state index contributed by atoms with van der Waals surface area (Å²) >= 11 is 0. The average molecular weight is 405 g/mol. The van der Waals surface area contributed by atoms with Crippen LogP contribution in [0.25, 0.3) is 0 Å². The quantitative estimate of drug-likeness (QED) is 0.345. The van der Waals surface area contributed by atoms with Crippen molar-refractivity contribution < 1.29 is 29.1 Å². The Labute approximate surface area is 164 Å². The van der Waals surface area contributed by atoms with Crippen LogP contribution in [0.5, 0.6) is 5.75 Å². The van der Waals surface area contributed by atoms with Gasteiger partial charge in [-0.1, -0.05) is 0 Å². The first-order valence-electron chi connectivity index (χ1n) is 8.49. The number of nitro groups is 1. The van der Waals surface area contributed by atoms with Gasteiger partial charge in [-0.3, -0.25) is 19.7 Å². The third kappa shape index (κ3) is 5.62. The number of carbonyl (C=O) groups excluding carboxylic acids is 2. The summed E-state index contributed by atoms with van der Waals surface area (Å²) < 4.78 is 11.1. The van der Waals surface area contributed by atoms with Gasteiger partial charge in [-0.2, -0.15) is 0 Å². The van der Waals surface area contributed by atoms with Crippen molar-refractivity contribution in [3.05, 3.63) is 68.1 Å². The second-order valence-corrected chi connectivity index (χ2v) is 5.90. The minimum Gasteiger partial charge on any atom is -0.491 e. The SMILES string of the molecule is CCOC(=O)c1ccc(OCC(O)Cn2cc([N+](=O)[O-])cc(C(N)=O)c2=O)cc1. The highest BCUT2D eigenvalue weighted by atomic mass is 16.6. The van der Waals surface area contributed by atoms with Gasteiger partial charge in [-0.25, -0.2) is 4.79 Å². The van der Waals surface area contributed by atoms with Gasteiger partial charge in [0, 0.05) is 6.07 Å². The van der Waals surface area contributed by atoms with Crippen molar-refractivity contribution >= 4 is 17.6 Å². The van der Waals surface area contributed by atoms with E-state index in [1.807, 2.05) is 0 Å². The van der Waals surface area contributed by atoms with Gasteiger partial charge in [0.2, 0.25) is 0 Å². The molecule has 29 heavy (non-hydrogen) atoms. The molecule has 0 aliphatic carbocycles. The van der Waals surface area contributed by atoms with Gasteiger partial charge in [0.05, 0.1) is 29.8 Å². The summed E-state index contributed by atoms with van der Waals surface area (Å²) in [5, 5.41) is 21.1. The Hall–Kier alpha value is -3.73. The highest BCUT2D eigenvalue weighted by Crippen LogP contribution is 2.14. The smallest absolute Gasteiger partial charge is 0.338 e. The van der Waals surface area contributed by atoms with Crippen LogP contribution in [0.15, 0.2) is 41.3 Å². The van der Waals surface area contributed by atoms with E-state index < -0.39 is 39.7 Å². The molecule has 11 heteroatoms. The first-order chi connectivity index (χ1) is 13.7. The molecule has 0 bridgehead atoms. The number of esters is 1. The molecule has 0 aliphatic rings. The third-order valence-electron chi connectivity index (χ3n) is 3.76. The molecular formula is C18H19N3O8. The van der Waals surface area contributed by atoms with E-state index in [2.05, 4.69) is 0 Å². The number of aliphatic hydroxyl groups is 1. The summed E-state index contributed by atoms with van der Waals surface area (Å²) in [5.41, 5.74) is 3.48. The molecule has 2 aromatic rings. The topological polar surface area (TPSA) is 164 Å². The van der Waals surface area contributed by atoms with Crippen molar-refractivity contribution in [3.63, 3.8) is 0 Å². The highest BCUT2D eigenvalue weighted by Gasteiger charge is 2.19. The fraction of sp³-hybridized carbons (Fsp3) is 0.278. The molecule has 1 atom stereocenters. The van der Waals surface area contributed by atoms with Crippen LogP contribution in [0.2, 0.25) is 0 Å². The normalized spacial score (nSPS) is 11.5. The number of hydrogen-bond acceptors (Lipinski definition) is 8. The lowest BCUT2D eigenvalue weighted by molar-refractivity contribution is -0.385. The number of aliphatic hydroxyl groups excluding tert-OH is 1. The maximum Gasteiger partial charge on any atom is 0.338 e. The minimum atomic E-state index is -1.22. The molecule has 1 aromatic carbocycles. The molecular weight excluding hydrogens is 386 g/mol. The molecule has 0 saturated carbocycles. The molecule has 0 aliphatic heterocycles. The molecule has 1 heterocycles. The Kier molecular flexibility index (Phi) is 7.04. The number of amides is 1. The molecule has 11 nitrogen and oxygen atoms in total. The lowest BCUT2D eigenvalue weighted by Crippen LogP contribution is -2.34. The Bertz CT molecular complexity index is 968. The van der Waals surface area contributed by atoms with Crippen molar-refractivity contribution in [1.82, 2.24) is 4.57 Å². The van der Waals surface area contributed by atoms with Gasteiger partial charge in [0.1, 0.15) is 24.0 Å². The van der Waals surface area contributed by atoms with Gasteiger partial charge in [0.15, 0.2) is 0 Å². The van der Waals surface area contributed by atoms with Gasteiger partial charge in [-0.15, -0.1) is 0 Å². The van der Waals surface area contributed by atoms with Crippen LogP contribution < -0.4 is 16.0 Å². The van der Waals surface area contributed by atoms with E-state index in [9.17, 15) is 29.6 Å². The first kappa shape index (κ1) is 21.6. The van der Waals surface area contributed by atoms with Crippen molar-refractivity contribution in [2.24, 2.45) is 5.73 Å². The van der Waals surface area contributed by atoms with E-state index in [-0.39, 0.29) is 19.8 Å². The fourth-order valence-corrected chi connectivity index (χ4v) is 2.41. The van der Waals surface area contributed by atoms with E-state index in [1.165, 1.54) is 24.3 Å². The van der Waals surface area contributed by atoms with E-state index >= 15 is 0 Å². The van der Waals surface area contributed by atoms with Crippen LogP contribution in [0.4, 0.5) is 5.69 Å². The van der Waals surface area contributed by atoms with E-state index in [0.29, 0.717) is 11.3 Å². The third-order valence-corrected chi connectivity index (χ3v) is 3.76. The zero-order valence-electron chi connectivity index (χ0n) is 15.4. The molecule has 0 spiro atoms. The predicted molar refractivity (Wildman–Crippen MR) is 99.8 cm³/mol. The largest absolute Gasteiger partial charge is 0.491 e. The van der Waals surface area contributed by atoms with E-state index in [4.69, 9.17) is 15.2 Å². The minimum absolute atomic E-state index is 0.248. The number of carbonyl (C=O) groups is 2. The summed E-state index contributed by atoms with van der Waals surface area (Å²) in [7, 11) is 0. The Balaban J connectivity index is 2.06. The highest BCUT2D eigenvalue weighted by molar-refractivity contribution is 5.93. The average Bonchev–Trinajstić information content (AvgIpc) is 2.68. The summed E-state index contributed by atoms with van der Waals surface area (Å²) in [6, 6.07) is 6.77. The van der Waals surface area contributed by atoms with Crippen molar-refractivity contribution in [2.45, 2.75) is 19.6 Å². The van der Waals surface area contributed by atoms with Crippen molar-refractivity contribution in [1.29, 1.82) is 0 Å². The number of primary amides is 1. The van der Waals surface area contributed by atoms with Crippen molar-refractivity contribution in [2.75, 3.05) is 13.2 Å². The second kappa shape index (κ2) is 9.46. The fourth-order valence-electron chi connectivity index (χ4n) is 2.41. The Morgan fingerprint density at radius 2 is 1.97 bits per heavy atom. The zero-order valence-corrected chi connectivity index (χ0v) is 15.4. The van der Waals surface area contributed by atoms with Gasteiger partial charge in [-0.05, 0) is 31.2 Å². The number of hydrogen-bond donors (Lipinski definition) is 2. The van der Waals surface area contributed by atoms with Crippen molar-refractivity contribution in [3.8, 4) is 5.75 Å². The number of ether oxygens (including phenoxy) is 2. The maximum absolute atomic E-state index is 12.2. The summed E-state index contributed by atoms with van der Waals surface area (Å²) in [6.45, 7) is 1.33. The number of benzene rings is 1. The van der Waals surface area contributed by atoms with Gasteiger partial charge >= 0.3 is 5.97 Å². The summed E-state index contributed by atoms with van der Waals surface area (Å²) in [5.74, 6) is -1.24. The molecule has 0 radical (unpaired) electrons. The molecule has 154 valence electrons. The molecule has 2 rings (SSSR count). The second-order valence-electron chi connectivity index (χ2n) is 5.90. The Morgan fingerprint density at radius 1 is 1.31 bits per heavy atom. The number of aromatic nitrogens is 1. The molecule has 0 saturated heterocycles. The number of rotatable bonds is 9. The van der Waals surface area contributed by atoms with Crippen LogP contribution >= 0.6 is 0 Å².